The lowest BCUT2D eigenvalue weighted by atomic mass is 10.0. The second kappa shape index (κ2) is 10.5. The first-order valence-electron chi connectivity index (χ1n) is 13.5. The van der Waals surface area contributed by atoms with Crippen LogP contribution in [0.1, 0.15) is 37.7 Å². The van der Waals surface area contributed by atoms with Crippen LogP contribution in [0, 0.1) is 5.92 Å². The highest BCUT2D eigenvalue weighted by atomic mass is 16.6. The summed E-state index contributed by atoms with van der Waals surface area (Å²) in [4.78, 5) is 22.6. The minimum Gasteiger partial charge on any atom is -0.486 e. The van der Waals surface area contributed by atoms with Crippen LogP contribution < -0.4 is 24.4 Å². The summed E-state index contributed by atoms with van der Waals surface area (Å²) in [6.45, 7) is 5.85. The van der Waals surface area contributed by atoms with E-state index < -0.39 is 0 Å². The summed E-state index contributed by atoms with van der Waals surface area (Å²) in [5, 5.41) is 3.41. The molecule has 1 N–H and O–H groups in total. The number of hydrogen-bond acceptors (Lipinski definition) is 7. The number of nitrogens with zero attached hydrogens (tertiary/aromatic N) is 3. The van der Waals surface area contributed by atoms with Crippen LogP contribution in [0.3, 0.4) is 0 Å². The maximum Gasteiger partial charge on any atom is 0.225 e. The van der Waals surface area contributed by atoms with E-state index in [1.807, 2.05) is 18.3 Å². The average molecular weight is 493 g/mol. The van der Waals surface area contributed by atoms with Gasteiger partial charge in [0.25, 0.3) is 0 Å². The number of anilines is 1. The third kappa shape index (κ3) is 5.69. The average Bonchev–Trinajstić information content (AvgIpc) is 3.33. The highest BCUT2D eigenvalue weighted by Crippen LogP contribution is 2.32. The minimum absolute atomic E-state index is 0.0197. The topological polar surface area (TPSA) is 76.2 Å². The summed E-state index contributed by atoms with van der Waals surface area (Å²) >= 11 is 0. The lowest BCUT2D eigenvalue weighted by molar-refractivity contribution is -0.125. The molecule has 4 aliphatic rings. The lowest BCUT2D eigenvalue weighted by Crippen LogP contribution is -2.46. The van der Waals surface area contributed by atoms with Gasteiger partial charge >= 0.3 is 0 Å². The van der Waals surface area contributed by atoms with Crippen LogP contribution in [-0.4, -0.2) is 73.9 Å². The summed E-state index contributed by atoms with van der Waals surface area (Å²) in [6.07, 6.45) is 8.57. The van der Waals surface area contributed by atoms with Crippen LogP contribution in [0.4, 0.5) is 5.69 Å². The van der Waals surface area contributed by atoms with Crippen LogP contribution in [0.15, 0.2) is 36.5 Å². The quantitative estimate of drug-likeness (QED) is 0.577. The van der Waals surface area contributed by atoms with Crippen molar-refractivity contribution in [3.63, 3.8) is 0 Å². The number of carbonyl (C=O) groups excluding carboxylic acids is 1. The number of fused-ring (bicyclic) bond motifs is 1. The zero-order chi connectivity index (χ0) is 24.3. The highest BCUT2D eigenvalue weighted by Gasteiger charge is 2.31. The molecule has 1 aliphatic carbocycles. The molecule has 1 aromatic carbocycles. The van der Waals surface area contributed by atoms with Crippen LogP contribution in [-0.2, 0) is 11.2 Å². The number of nitrogens with one attached hydrogen (secondary N) is 1. The van der Waals surface area contributed by atoms with E-state index in [1.165, 1.54) is 12.8 Å². The fraction of sp³-hybridized carbons (Fsp3) is 0.571. The van der Waals surface area contributed by atoms with Gasteiger partial charge in [-0.1, -0.05) is 6.07 Å². The molecular weight excluding hydrogens is 456 g/mol. The van der Waals surface area contributed by atoms with Crippen molar-refractivity contribution in [2.75, 3.05) is 50.8 Å². The molecule has 1 unspecified atom stereocenters. The number of amides is 1. The Morgan fingerprint density at radius 1 is 1.06 bits per heavy atom. The Hall–Kier alpha value is -3.00. The molecule has 0 spiro atoms. The Bertz CT molecular complexity index is 1050. The molecule has 36 heavy (non-hydrogen) atoms. The van der Waals surface area contributed by atoms with Gasteiger partial charge in [0.15, 0.2) is 11.5 Å². The maximum absolute atomic E-state index is 13.4. The largest absolute Gasteiger partial charge is 0.486 e. The first-order chi connectivity index (χ1) is 17.7. The molecule has 2 atom stereocenters. The number of benzene rings is 1. The molecular formula is C28H36N4O4. The van der Waals surface area contributed by atoms with E-state index in [2.05, 4.69) is 38.3 Å². The zero-order valence-electron chi connectivity index (χ0n) is 20.9. The van der Waals surface area contributed by atoms with E-state index in [1.54, 1.807) is 0 Å². The molecule has 8 heteroatoms. The molecule has 8 nitrogen and oxygen atoms in total. The Balaban J connectivity index is 1.08. The molecule has 0 radical (unpaired) electrons. The van der Waals surface area contributed by atoms with Crippen molar-refractivity contribution in [2.45, 2.75) is 50.7 Å². The van der Waals surface area contributed by atoms with Crippen molar-refractivity contribution < 1.29 is 19.0 Å². The molecule has 2 aromatic rings. The number of hydrogen-bond donors (Lipinski definition) is 1. The Morgan fingerprint density at radius 3 is 2.67 bits per heavy atom. The molecule has 3 aliphatic heterocycles. The number of pyridine rings is 1. The Kier molecular flexibility index (Phi) is 6.86. The minimum atomic E-state index is -0.0197. The lowest BCUT2D eigenvalue weighted by Gasteiger charge is -2.27. The molecule has 3 fully saturated rings. The molecule has 0 bridgehead atoms. The van der Waals surface area contributed by atoms with E-state index in [0.29, 0.717) is 25.2 Å². The van der Waals surface area contributed by atoms with Gasteiger partial charge in [-0.15, -0.1) is 0 Å². The number of ether oxygens (including phenoxy) is 3. The number of likely N-dealkylation sites (tertiary alicyclic amines) is 1. The fourth-order valence-electron chi connectivity index (χ4n) is 5.45. The Morgan fingerprint density at radius 2 is 1.89 bits per heavy atom. The van der Waals surface area contributed by atoms with Gasteiger partial charge in [0.2, 0.25) is 11.8 Å². The second-order valence-electron chi connectivity index (χ2n) is 10.5. The first kappa shape index (κ1) is 23.4. The summed E-state index contributed by atoms with van der Waals surface area (Å²) in [7, 11) is 0. The summed E-state index contributed by atoms with van der Waals surface area (Å²) in [6, 6.07) is 10.2. The van der Waals surface area contributed by atoms with Crippen LogP contribution in [0.25, 0.3) is 0 Å². The van der Waals surface area contributed by atoms with Crippen molar-refractivity contribution in [1.29, 1.82) is 0 Å². The van der Waals surface area contributed by atoms with Gasteiger partial charge in [-0.3, -0.25) is 4.79 Å². The number of rotatable bonds is 9. The van der Waals surface area contributed by atoms with Crippen molar-refractivity contribution in [2.24, 2.45) is 5.92 Å². The van der Waals surface area contributed by atoms with Gasteiger partial charge in [-0.05, 0) is 75.4 Å². The van der Waals surface area contributed by atoms with Crippen LogP contribution >= 0.6 is 0 Å². The van der Waals surface area contributed by atoms with Crippen molar-refractivity contribution in [1.82, 2.24) is 15.2 Å². The van der Waals surface area contributed by atoms with Crippen LogP contribution in [0.5, 0.6) is 17.4 Å². The van der Waals surface area contributed by atoms with E-state index >= 15 is 0 Å². The molecule has 192 valence electrons. The maximum atomic E-state index is 13.4. The van der Waals surface area contributed by atoms with Crippen molar-refractivity contribution >= 4 is 11.6 Å². The van der Waals surface area contributed by atoms with Gasteiger partial charge in [-0.25, -0.2) is 4.98 Å². The fourth-order valence-corrected chi connectivity index (χ4v) is 5.45. The molecule has 4 heterocycles. The van der Waals surface area contributed by atoms with Gasteiger partial charge < -0.3 is 29.3 Å². The molecule has 1 aromatic heterocycles. The van der Waals surface area contributed by atoms with Gasteiger partial charge in [0.1, 0.15) is 19.3 Å². The zero-order valence-corrected chi connectivity index (χ0v) is 20.9. The SMILES string of the molecule is O=C(NC(Cc1ccc2c(c1)OCCO2)CN1CCCC1)[C@@H]1CCN(c2ccc(OC3CC3)nc2)C1. The number of carbonyl (C=O) groups is 1. The summed E-state index contributed by atoms with van der Waals surface area (Å²) in [5.41, 5.74) is 2.22. The number of aromatic nitrogens is 1. The molecule has 2 saturated heterocycles. The van der Waals surface area contributed by atoms with E-state index in [0.717, 1.165) is 81.2 Å². The molecule has 6 rings (SSSR count). The van der Waals surface area contributed by atoms with Gasteiger partial charge in [-0.2, -0.15) is 0 Å². The third-order valence-electron chi connectivity index (χ3n) is 7.57. The third-order valence-corrected chi connectivity index (χ3v) is 7.57. The summed E-state index contributed by atoms with van der Waals surface area (Å²) in [5.74, 6) is 2.43. The standard InChI is InChI=1S/C28H36N4O4/c33-28(21-9-12-32(18-21)23-4-8-27(29-17-23)36-24-5-6-24)30-22(19-31-10-1-2-11-31)15-20-3-7-25-26(16-20)35-14-13-34-25/h3-4,7-8,16-17,21-22,24H,1-2,5-6,9-15,18-19H2,(H,30,33)/t21-,22?/m1/s1. The van der Waals surface area contributed by atoms with E-state index in [4.69, 9.17) is 14.2 Å². The molecule has 1 amide bonds. The van der Waals surface area contributed by atoms with E-state index in [-0.39, 0.29) is 17.9 Å². The second-order valence-corrected chi connectivity index (χ2v) is 10.5. The van der Waals surface area contributed by atoms with E-state index in [9.17, 15) is 4.79 Å². The normalized spacial score (nSPS) is 22.4. The van der Waals surface area contributed by atoms with Gasteiger partial charge in [0.05, 0.1) is 17.8 Å². The van der Waals surface area contributed by atoms with Gasteiger partial charge in [0, 0.05) is 31.7 Å². The first-order valence-corrected chi connectivity index (χ1v) is 13.5. The smallest absolute Gasteiger partial charge is 0.225 e. The Labute approximate surface area is 212 Å². The highest BCUT2D eigenvalue weighted by molar-refractivity contribution is 5.80. The predicted molar refractivity (Wildman–Crippen MR) is 137 cm³/mol. The van der Waals surface area contributed by atoms with Crippen molar-refractivity contribution in [3.05, 3.63) is 42.1 Å². The van der Waals surface area contributed by atoms with Crippen LogP contribution in [0.2, 0.25) is 0 Å². The summed E-state index contributed by atoms with van der Waals surface area (Å²) < 4.78 is 17.2. The van der Waals surface area contributed by atoms with Crippen molar-refractivity contribution in [3.8, 4) is 17.4 Å². The monoisotopic (exact) mass is 492 g/mol. The predicted octanol–water partition coefficient (Wildman–Crippen LogP) is 3.04. The molecule has 1 saturated carbocycles.